The van der Waals surface area contributed by atoms with Crippen LogP contribution in [0.15, 0.2) is 18.2 Å². The first kappa shape index (κ1) is 20.4. The molecule has 0 saturated carbocycles. The molecule has 2 aliphatic rings. The highest BCUT2D eigenvalue weighted by molar-refractivity contribution is 6.07. The SMILES string of the molecule is CCN(CCO)C[C@@H]1CN(C(=O)c2cccc3c4c([nH]c23)CCCC4)C[C@@H]1CO. The van der Waals surface area contributed by atoms with Gasteiger partial charge in [-0.1, -0.05) is 19.1 Å². The summed E-state index contributed by atoms with van der Waals surface area (Å²) in [5.41, 5.74) is 4.40. The number of carbonyl (C=O) groups is 1. The molecule has 1 saturated heterocycles. The molecule has 1 amide bonds. The third-order valence-electron chi connectivity index (χ3n) is 6.82. The molecule has 3 N–H and O–H groups in total. The fraction of sp³-hybridized carbons (Fsp3) is 0.609. The predicted octanol–water partition coefficient (Wildman–Crippen LogP) is 2.04. The van der Waals surface area contributed by atoms with Crippen LogP contribution in [0, 0.1) is 11.8 Å². The summed E-state index contributed by atoms with van der Waals surface area (Å²) in [4.78, 5) is 21.1. The highest BCUT2D eigenvalue weighted by Crippen LogP contribution is 2.32. The van der Waals surface area contributed by atoms with Crippen LogP contribution in [0.25, 0.3) is 10.9 Å². The van der Waals surface area contributed by atoms with E-state index in [0.29, 0.717) is 19.6 Å². The number of likely N-dealkylation sites (N-methyl/N-ethyl adjacent to an activating group) is 1. The number of nitrogens with one attached hydrogen (secondary N) is 1. The lowest BCUT2D eigenvalue weighted by atomic mass is 9.95. The van der Waals surface area contributed by atoms with Crippen molar-refractivity contribution in [3.05, 3.63) is 35.0 Å². The molecule has 0 bridgehead atoms. The Labute approximate surface area is 172 Å². The summed E-state index contributed by atoms with van der Waals surface area (Å²) >= 11 is 0. The van der Waals surface area contributed by atoms with E-state index in [1.54, 1.807) is 0 Å². The highest BCUT2D eigenvalue weighted by Gasteiger charge is 2.36. The van der Waals surface area contributed by atoms with Crippen LogP contribution in [0.4, 0.5) is 0 Å². The largest absolute Gasteiger partial charge is 0.396 e. The molecule has 4 rings (SSSR count). The van der Waals surface area contributed by atoms with Crippen molar-refractivity contribution in [3.8, 4) is 0 Å². The molecule has 2 atom stereocenters. The van der Waals surface area contributed by atoms with Gasteiger partial charge in [0.25, 0.3) is 5.91 Å². The Morgan fingerprint density at radius 2 is 2.00 bits per heavy atom. The summed E-state index contributed by atoms with van der Waals surface area (Å²) < 4.78 is 0. The number of hydrogen-bond acceptors (Lipinski definition) is 4. The average molecular weight is 400 g/mol. The minimum absolute atomic E-state index is 0.0559. The molecular weight excluding hydrogens is 366 g/mol. The Kier molecular flexibility index (Phi) is 6.23. The van der Waals surface area contributed by atoms with E-state index < -0.39 is 0 Å². The second kappa shape index (κ2) is 8.86. The third kappa shape index (κ3) is 3.93. The normalized spacial score (nSPS) is 21.9. The van der Waals surface area contributed by atoms with Crippen molar-refractivity contribution in [2.45, 2.75) is 32.6 Å². The maximum Gasteiger partial charge on any atom is 0.256 e. The summed E-state index contributed by atoms with van der Waals surface area (Å²) in [5.74, 6) is 0.370. The van der Waals surface area contributed by atoms with Crippen molar-refractivity contribution < 1.29 is 15.0 Å². The van der Waals surface area contributed by atoms with Crippen molar-refractivity contribution >= 4 is 16.8 Å². The molecule has 2 heterocycles. The number of aliphatic hydroxyl groups is 2. The van der Waals surface area contributed by atoms with Crippen molar-refractivity contribution in [2.75, 3.05) is 45.9 Å². The molecule has 1 aliphatic carbocycles. The van der Waals surface area contributed by atoms with E-state index in [1.165, 1.54) is 29.5 Å². The lowest BCUT2D eigenvalue weighted by molar-refractivity contribution is 0.0780. The minimum Gasteiger partial charge on any atom is -0.396 e. The van der Waals surface area contributed by atoms with Crippen LogP contribution in [0.2, 0.25) is 0 Å². The number of carbonyl (C=O) groups excluding carboxylic acids is 1. The molecule has 29 heavy (non-hydrogen) atoms. The first-order valence-corrected chi connectivity index (χ1v) is 11.0. The van der Waals surface area contributed by atoms with Gasteiger partial charge in [-0.3, -0.25) is 4.79 Å². The lowest BCUT2D eigenvalue weighted by Crippen LogP contribution is -2.36. The van der Waals surface area contributed by atoms with Crippen molar-refractivity contribution in [3.63, 3.8) is 0 Å². The number of hydrogen-bond donors (Lipinski definition) is 3. The molecule has 6 heteroatoms. The fourth-order valence-electron chi connectivity index (χ4n) is 5.15. The fourth-order valence-corrected chi connectivity index (χ4v) is 5.15. The summed E-state index contributed by atoms with van der Waals surface area (Å²) in [6.45, 7) is 5.83. The second-order valence-electron chi connectivity index (χ2n) is 8.55. The van der Waals surface area contributed by atoms with Gasteiger partial charge in [-0.2, -0.15) is 0 Å². The monoisotopic (exact) mass is 399 g/mol. The zero-order valence-electron chi connectivity index (χ0n) is 17.4. The summed E-state index contributed by atoms with van der Waals surface area (Å²) in [5, 5.41) is 20.4. The Bertz CT molecular complexity index is 862. The molecule has 0 spiro atoms. The smallest absolute Gasteiger partial charge is 0.256 e. The number of nitrogens with zero attached hydrogens (tertiary/aromatic N) is 2. The number of likely N-dealkylation sites (tertiary alicyclic amines) is 1. The van der Waals surface area contributed by atoms with E-state index in [4.69, 9.17) is 0 Å². The Morgan fingerprint density at radius 1 is 1.21 bits per heavy atom. The van der Waals surface area contributed by atoms with Crippen LogP contribution in [0.5, 0.6) is 0 Å². The van der Waals surface area contributed by atoms with E-state index in [-0.39, 0.29) is 31.0 Å². The van der Waals surface area contributed by atoms with Crippen molar-refractivity contribution in [1.29, 1.82) is 0 Å². The number of para-hydroxylation sites is 1. The summed E-state index contributed by atoms with van der Waals surface area (Å²) in [6, 6.07) is 6.05. The number of aryl methyl sites for hydroxylation is 2. The van der Waals surface area contributed by atoms with Crippen LogP contribution in [0.3, 0.4) is 0 Å². The van der Waals surface area contributed by atoms with Crippen LogP contribution in [0.1, 0.15) is 41.4 Å². The van der Waals surface area contributed by atoms with E-state index in [0.717, 1.165) is 37.0 Å². The number of amides is 1. The van der Waals surface area contributed by atoms with Gasteiger partial charge in [0.15, 0.2) is 0 Å². The zero-order chi connectivity index (χ0) is 20.4. The molecule has 1 aromatic heterocycles. The molecule has 1 aromatic carbocycles. The van der Waals surface area contributed by atoms with E-state index in [9.17, 15) is 15.0 Å². The summed E-state index contributed by atoms with van der Waals surface area (Å²) in [6.07, 6.45) is 4.57. The van der Waals surface area contributed by atoms with Crippen LogP contribution >= 0.6 is 0 Å². The van der Waals surface area contributed by atoms with Gasteiger partial charge in [-0.15, -0.1) is 0 Å². The topological polar surface area (TPSA) is 79.8 Å². The first-order chi connectivity index (χ1) is 14.2. The molecule has 158 valence electrons. The minimum atomic E-state index is 0.0559. The van der Waals surface area contributed by atoms with Gasteiger partial charge in [0.2, 0.25) is 0 Å². The highest BCUT2D eigenvalue weighted by atomic mass is 16.3. The molecule has 0 radical (unpaired) electrons. The summed E-state index contributed by atoms with van der Waals surface area (Å²) in [7, 11) is 0. The van der Waals surface area contributed by atoms with Crippen LogP contribution < -0.4 is 0 Å². The second-order valence-corrected chi connectivity index (χ2v) is 8.55. The number of rotatable bonds is 7. The van der Waals surface area contributed by atoms with Crippen LogP contribution in [-0.2, 0) is 12.8 Å². The first-order valence-electron chi connectivity index (χ1n) is 11.0. The van der Waals surface area contributed by atoms with Gasteiger partial charge in [0.05, 0.1) is 17.7 Å². The van der Waals surface area contributed by atoms with E-state index in [1.807, 2.05) is 17.0 Å². The molecule has 1 aliphatic heterocycles. The quantitative estimate of drug-likeness (QED) is 0.666. The van der Waals surface area contributed by atoms with Gasteiger partial charge < -0.3 is 25.0 Å². The van der Waals surface area contributed by atoms with Gasteiger partial charge in [-0.25, -0.2) is 0 Å². The Hall–Kier alpha value is -1.89. The van der Waals surface area contributed by atoms with Crippen molar-refractivity contribution in [1.82, 2.24) is 14.8 Å². The van der Waals surface area contributed by atoms with Gasteiger partial charge in [-0.05, 0) is 49.8 Å². The Balaban J connectivity index is 1.56. The number of aromatic nitrogens is 1. The molecule has 2 aromatic rings. The maximum absolute atomic E-state index is 13.4. The number of fused-ring (bicyclic) bond motifs is 3. The van der Waals surface area contributed by atoms with Gasteiger partial charge in [0.1, 0.15) is 0 Å². The number of benzene rings is 1. The van der Waals surface area contributed by atoms with Gasteiger partial charge in [0, 0.05) is 49.8 Å². The lowest BCUT2D eigenvalue weighted by Gasteiger charge is -2.25. The number of H-pyrrole nitrogens is 1. The Morgan fingerprint density at radius 3 is 2.76 bits per heavy atom. The number of aromatic amines is 1. The van der Waals surface area contributed by atoms with E-state index >= 15 is 0 Å². The van der Waals surface area contributed by atoms with E-state index in [2.05, 4.69) is 22.9 Å². The van der Waals surface area contributed by atoms with Crippen LogP contribution in [-0.4, -0.2) is 76.8 Å². The number of aliphatic hydroxyl groups excluding tert-OH is 2. The molecule has 6 nitrogen and oxygen atoms in total. The zero-order valence-corrected chi connectivity index (χ0v) is 17.4. The van der Waals surface area contributed by atoms with Crippen molar-refractivity contribution in [2.24, 2.45) is 11.8 Å². The molecule has 0 unspecified atom stereocenters. The van der Waals surface area contributed by atoms with Gasteiger partial charge >= 0.3 is 0 Å². The molecular formula is C23H33N3O3. The third-order valence-corrected chi connectivity index (χ3v) is 6.82. The maximum atomic E-state index is 13.4. The standard InChI is InChI=1S/C23H33N3O3/c1-2-25(10-11-27)12-16-13-26(14-17(16)15-28)23(29)20-8-5-7-19-18-6-3-4-9-21(18)24-22(19)20/h5,7-8,16-17,24,27-28H,2-4,6,9-15H2,1H3/t16-,17-/m1/s1. The predicted molar refractivity (Wildman–Crippen MR) is 114 cm³/mol. The average Bonchev–Trinajstić information content (AvgIpc) is 3.33. The molecule has 1 fully saturated rings.